The van der Waals surface area contributed by atoms with Crippen LogP contribution in [0.1, 0.15) is 35.6 Å². The van der Waals surface area contributed by atoms with Gasteiger partial charge in [0.1, 0.15) is 18.1 Å². The van der Waals surface area contributed by atoms with Crippen LogP contribution in [0.3, 0.4) is 0 Å². The first kappa shape index (κ1) is 24.4. The summed E-state index contributed by atoms with van der Waals surface area (Å²) in [5.74, 6) is 1.35. The highest BCUT2D eigenvalue weighted by molar-refractivity contribution is 6.13. The van der Waals surface area contributed by atoms with Crippen LogP contribution >= 0.6 is 0 Å². The van der Waals surface area contributed by atoms with E-state index in [9.17, 15) is 14.4 Å². The predicted octanol–water partition coefficient (Wildman–Crippen LogP) is 3.76. The molecule has 6 rings (SSSR count). The van der Waals surface area contributed by atoms with E-state index < -0.39 is 0 Å². The lowest BCUT2D eigenvalue weighted by Gasteiger charge is -2.19. The number of nitrogens with one attached hydrogen (secondary N) is 2. The number of urea groups is 1. The maximum atomic E-state index is 13.5. The van der Waals surface area contributed by atoms with Gasteiger partial charge >= 0.3 is 6.03 Å². The number of rotatable bonds is 10. The fraction of sp³-hybridized carbons (Fsp3) is 0.250. The molecule has 0 atom stereocenters. The number of benzene rings is 1. The second-order valence-electron chi connectivity index (χ2n) is 9.64. The molecule has 1 saturated heterocycles. The topological polar surface area (TPSA) is 121 Å². The molecular weight excluding hydrogens is 498 g/mol. The number of ether oxygens (including phenoxy) is 1. The zero-order valence-electron chi connectivity index (χ0n) is 21.3. The third-order valence-electron chi connectivity index (χ3n) is 6.94. The Kier molecular flexibility index (Phi) is 6.31. The molecule has 2 aliphatic rings. The molecule has 11 heteroatoms. The van der Waals surface area contributed by atoms with Gasteiger partial charge in [0.25, 0.3) is 5.91 Å². The van der Waals surface area contributed by atoms with Crippen molar-refractivity contribution < 1.29 is 19.1 Å². The summed E-state index contributed by atoms with van der Waals surface area (Å²) in [6, 6.07) is 12.5. The first-order valence-electron chi connectivity index (χ1n) is 12.7. The molecule has 4 aromatic rings. The van der Waals surface area contributed by atoms with E-state index in [2.05, 4.69) is 21.8 Å². The largest absolute Gasteiger partial charge is 0.497 e. The first-order chi connectivity index (χ1) is 19.0. The molecule has 0 radical (unpaired) electrons. The lowest BCUT2D eigenvalue weighted by Crippen LogP contribution is -2.32. The summed E-state index contributed by atoms with van der Waals surface area (Å²) in [5, 5.41) is 5.83. The number of nitrogens with zero attached hydrogens (tertiary/aromatic N) is 5. The molecule has 11 nitrogen and oxygen atoms in total. The Morgan fingerprint density at radius 3 is 2.67 bits per heavy atom. The van der Waals surface area contributed by atoms with Gasteiger partial charge in [-0.15, -0.1) is 0 Å². The maximum absolute atomic E-state index is 13.5. The fourth-order valence-corrected chi connectivity index (χ4v) is 4.75. The number of imide groups is 1. The van der Waals surface area contributed by atoms with E-state index in [0.29, 0.717) is 41.8 Å². The van der Waals surface area contributed by atoms with Gasteiger partial charge in [-0.25, -0.2) is 14.8 Å². The molecule has 1 saturated carbocycles. The Labute approximate surface area is 224 Å². The van der Waals surface area contributed by atoms with Crippen molar-refractivity contribution in [2.24, 2.45) is 0 Å². The number of anilines is 3. The van der Waals surface area contributed by atoms with Crippen LogP contribution in [0.4, 0.5) is 22.0 Å². The van der Waals surface area contributed by atoms with E-state index >= 15 is 0 Å². The number of methoxy groups -OCH3 is 1. The van der Waals surface area contributed by atoms with Gasteiger partial charge < -0.3 is 19.8 Å². The standard InChI is InChI=1S/C28H27N7O4/c1-39-23-6-2-18(3-7-23)13-35-26(37)16-34(28(35)38)24-10-20(19-4-5-19)14-33-15-22(32-27(24)33)12-30-21-8-9-29-25(11-21)31-17-36/h2-3,6-11,14-15,17,19H,4-5,12-13,16H2,1H3,(H2,29,30,31,36). The van der Waals surface area contributed by atoms with Crippen LogP contribution in [-0.2, 0) is 22.7 Å². The molecule has 0 bridgehead atoms. The number of carbonyl (C=O) groups is 3. The van der Waals surface area contributed by atoms with Crippen LogP contribution in [0, 0.1) is 0 Å². The van der Waals surface area contributed by atoms with Gasteiger partial charge in [0, 0.05) is 30.3 Å². The monoisotopic (exact) mass is 525 g/mol. The second-order valence-corrected chi connectivity index (χ2v) is 9.64. The van der Waals surface area contributed by atoms with Gasteiger partial charge in [0.2, 0.25) is 6.41 Å². The van der Waals surface area contributed by atoms with E-state index in [4.69, 9.17) is 9.72 Å². The van der Waals surface area contributed by atoms with Crippen molar-refractivity contribution in [3.8, 4) is 5.75 Å². The minimum absolute atomic E-state index is 0.0390. The first-order valence-corrected chi connectivity index (χ1v) is 12.7. The number of hydrogen-bond acceptors (Lipinski definition) is 7. The van der Waals surface area contributed by atoms with Gasteiger partial charge in [0.15, 0.2) is 5.65 Å². The third-order valence-corrected chi connectivity index (χ3v) is 6.94. The van der Waals surface area contributed by atoms with Crippen LogP contribution in [0.2, 0.25) is 0 Å². The molecule has 1 aliphatic carbocycles. The Morgan fingerprint density at radius 1 is 1.10 bits per heavy atom. The van der Waals surface area contributed by atoms with Crippen LogP contribution < -0.4 is 20.3 Å². The normalized spacial score (nSPS) is 15.2. The summed E-state index contributed by atoms with van der Waals surface area (Å²) >= 11 is 0. The van der Waals surface area contributed by atoms with Gasteiger partial charge in [-0.1, -0.05) is 12.1 Å². The molecule has 4 heterocycles. The van der Waals surface area contributed by atoms with Crippen LogP contribution in [0.15, 0.2) is 61.1 Å². The fourth-order valence-electron chi connectivity index (χ4n) is 4.75. The molecule has 4 amide bonds. The van der Waals surface area contributed by atoms with E-state index in [-0.39, 0.29) is 25.0 Å². The number of pyridine rings is 2. The van der Waals surface area contributed by atoms with E-state index in [1.54, 1.807) is 25.4 Å². The smallest absolute Gasteiger partial charge is 0.332 e. The van der Waals surface area contributed by atoms with Crippen LogP contribution in [0.25, 0.3) is 5.65 Å². The Balaban J connectivity index is 1.27. The highest BCUT2D eigenvalue weighted by atomic mass is 16.5. The summed E-state index contributed by atoms with van der Waals surface area (Å²) in [7, 11) is 1.59. The van der Waals surface area contributed by atoms with Crippen LogP contribution in [0.5, 0.6) is 5.75 Å². The molecule has 0 unspecified atom stereocenters. The zero-order valence-corrected chi connectivity index (χ0v) is 21.3. The summed E-state index contributed by atoms with van der Waals surface area (Å²) in [6.07, 6.45) is 8.37. The van der Waals surface area contributed by atoms with Gasteiger partial charge in [-0.05, 0) is 54.2 Å². The Bertz CT molecular complexity index is 1560. The van der Waals surface area contributed by atoms with Crippen molar-refractivity contribution in [3.05, 3.63) is 77.9 Å². The number of carbonyl (C=O) groups excluding carboxylic acids is 3. The molecule has 1 aromatic carbocycles. The number of imidazole rings is 1. The molecule has 3 aromatic heterocycles. The molecule has 198 valence electrons. The van der Waals surface area contributed by atoms with Gasteiger partial charge in [0.05, 0.1) is 31.6 Å². The number of fused-ring (bicyclic) bond motifs is 1. The summed E-state index contributed by atoms with van der Waals surface area (Å²) < 4.78 is 7.14. The summed E-state index contributed by atoms with van der Waals surface area (Å²) in [6.45, 7) is 0.566. The number of aromatic nitrogens is 3. The maximum Gasteiger partial charge on any atom is 0.332 e. The molecule has 39 heavy (non-hydrogen) atoms. The van der Waals surface area contributed by atoms with Crippen molar-refractivity contribution in [3.63, 3.8) is 0 Å². The molecule has 2 fully saturated rings. The Morgan fingerprint density at radius 2 is 1.92 bits per heavy atom. The van der Waals surface area contributed by atoms with E-state index in [1.807, 2.05) is 40.9 Å². The van der Waals surface area contributed by atoms with E-state index in [1.165, 1.54) is 9.80 Å². The highest BCUT2D eigenvalue weighted by Crippen LogP contribution is 2.42. The molecular formula is C28H27N7O4. The predicted molar refractivity (Wildman–Crippen MR) is 145 cm³/mol. The average molecular weight is 526 g/mol. The van der Waals surface area contributed by atoms with Crippen molar-refractivity contribution in [2.45, 2.75) is 31.8 Å². The van der Waals surface area contributed by atoms with Crippen molar-refractivity contribution in [2.75, 3.05) is 29.2 Å². The van der Waals surface area contributed by atoms with Crippen LogP contribution in [-0.4, -0.2) is 51.3 Å². The third kappa shape index (κ3) is 4.98. The number of amides is 4. The van der Waals surface area contributed by atoms with Crippen molar-refractivity contribution in [1.82, 2.24) is 19.3 Å². The van der Waals surface area contributed by atoms with Crippen molar-refractivity contribution >= 4 is 41.2 Å². The van der Waals surface area contributed by atoms with Crippen molar-refractivity contribution in [1.29, 1.82) is 0 Å². The minimum atomic E-state index is -0.361. The highest BCUT2D eigenvalue weighted by Gasteiger charge is 2.39. The quantitative estimate of drug-likeness (QED) is 0.239. The van der Waals surface area contributed by atoms with E-state index in [0.717, 1.165) is 35.3 Å². The molecule has 0 spiro atoms. The molecule has 2 N–H and O–H groups in total. The molecule has 1 aliphatic heterocycles. The minimum Gasteiger partial charge on any atom is -0.497 e. The zero-order chi connectivity index (χ0) is 26.9. The SMILES string of the molecule is COc1ccc(CN2C(=O)CN(c3cc(C4CC4)cn4cc(CNc5ccnc(NC=O)c5)nc34)C2=O)cc1. The Hall–Kier alpha value is -4.93. The summed E-state index contributed by atoms with van der Waals surface area (Å²) in [5.41, 5.74) is 4.75. The van der Waals surface area contributed by atoms with Gasteiger partial charge in [-0.2, -0.15) is 0 Å². The second kappa shape index (κ2) is 10.1. The number of hydrogen-bond donors (Lipinski definition) is 2. The van der Waals surface area contributed by atoms with Gasteiger partial charge in [-0.3, -0.25) is 19.4 Å². The summed E-state index contributed by atoms with van der Waals surface area (Å²) in [4.78, 5) is 48.9. The average Bonchev–Trinajstić information content (AvgIpc) is 3.66. The lowest BCUT2D eigenvalue weighted by molar-refractivity contribution is -0.125. The lowest BCUT2D eigenvalue weighted by atomic mass is 10.1.